The molecule has 0 saturated heterocycles. The second-order valence-corrected chi connectivity index (χ2v) is 11.1. The summed E-state index contributed by atoms with van der Waals surface area (Å²) in [4.78, 5) is 11.7. The van der Waals surface area contributed by atoms with Crippen molar-refractivity contribution < 1.29 is 14.3 Å². The van der Waals surface area contributed by atoms with Gasteiger partial charge in [-0.15, -0.1) is 0 Å². The minimum Gasteiger partial charge on any atom is -0.467 e. The quantitative estimate of drug-likeness (QED) is 0.585. The van der Waals surface area contributed by atoms with Gasteiger partial charge in [0.1, 0.15) is 0 Å². The van der Waals surface area contributed by atoms with E-state index < -0.39 is 14.2 Å². The molecule has 0 spiro atoms. The lowest BCUT2D eigenvalue weighted by Crippen LogP contribution is -2.24. The van der Waals surface area contributed by atoms with Gasteiger partial charge in [0, 0.05) is 14.7 Å². The van der Waals surface area contributed by atoms with Gasteiger partial charge in [0.25, 0.3) is 0 Å². The Kier molecular flexibility index (Phi) is 5.56. The van der Waals surface area contributed by atoms with E-state index in [0.29, 0.717) is 6.61 Å². The van der Waals surface area contributed by atoms with Crippen molar-refractivity contribution in [1.29, 1.82) is 0 Å². The zero-order chi connectivity index (χ0) is 13.6. The van der Waals surface area contributed by atoms with E-state index in [9.17, 15) is 4.79 Å². The van der Waals surface area contributed by atoms with Crippen molar-refractivity contribution >= 4 is 14.0 Å². The standard InChI is InChI=1S/C14H22O3Si/c1-16-14(15)13(12-8-6-5-7-9-12)17-10-11-18(2,3)4/h5-9,13H,10-11H2,1-4H3/t13-/m1/s1. The number of ether oxygens (including phenoxy) is 2. The lowest BCUT2D eigenvalue weighted by atomic mass is 10.1. The maximum Gasteiger partial charge on any atom is 0.339 e. The van der Waals surface area contributed by atoms with Crippen molar-refractivity contribution in [2.45, 2.75) is 31.8 Å². The number of benzene rings is 1. The van der Waals surface area contributed by atoms with Crippen LogP contribution in [0.3, 0.4) is 0 Å². The molecular formula is C14H22O3Si. The lowest BCUT2D eigenvalue weighted by Gasteiger charge is -2.19. The Balaban J connectivity index is 2.66. The zero-order valence-corrected chi connectivity index (χ0v) is 12.6. The highest BCUT2D eigenvalue weighted by Crippen LogP contribution is 2.20. The van der Waals surface area contributed by atoms with E-state index in [1.54, 1.807) is 0 Å². The number of rotatable bonds is 6. The average Bonchev–Trinajstić information content (AvgIpc) is 2.33. The summed E-state index contributed by atoms with van der Waals surface area (Å²) in [5, 5.41) is 0. The van der Waals surface area contributed by atoms with Gasteiger partial charge in [0.05, 0.1) is 7.11 Å². The van der Waals surface area contributed by atoms with E-state index >= 15 is 0 Å². The van der Waals surface area contributed by atoms with E-state index in [2.05, 4.69) is 19.6 Å². The van der Waals surface area contributed by atoms with Gasteiger partial charge in [-0.05, 0) is 11.6 Å². The molecule has 0 aromatic heterocycles. The summed E-state index contributed by atoms with van der Waals surface area (Å²) in [5.74, 6) is -0.336. The fraction of sp³-hybridized carbons (Fsp3) is 0.500. The summed E-state index contributed by atoms with van der Waals surface area (Å²) < 4.78 is 10.5. The normalized spacial score (nSPS) is 13.1. The predicted octanol–water partition coefficient (Wildman–Crippen LogP) is 3.26. The van der Waals surface area contributed by atoms with Crippen LogP contribution >= 0.6 is 0 Å². The van der Waals surface area contributed by atoms with Gasteiger partial charge in [-0.1, -0.05) is 50.0 Å². The third-order valence-electron chi connectivity index (χ3n) is 2.65. The van der Waals surface area contributed by atoms with Gasteiger partial charge in [-0.3, -0.25) is 0 Å². The molecule has 0 saturated carbocycles. The molecule has 100 valence electrons. The highest BCUT2D eigenvalue weighted by Gasteiger charge is 2.23. The van der Waals surface area contributed by atoms with Crippen molar-refractivity contribution in [2.24, 2.45) is 0 Å². The molecule has 0 unspecified atom stereocenters. The molecule has 0 bridgehead atoms. The SMILES string of the molecule is COC(=O)[C@H](OCC[Si](C)(C)C)c1ccccc1. The summed E-state index contributed by atoms with van der Waals surface area (Å²) in [6.45, 7) is 7.45. The van der Waals surface area contributed by atoms with Crippen molar-refractivity contribution in [3.8, 4) is 0 Å². The molecule has 0 amide bonds. The highest BCUT2D eigenvalue weighted by atomic mass is 28.3. The lowest BCUT2D eigenvalue weighted by molar-refractivity contribution is -0.154. The van der Waals surface area contributed by atoms with Gasteiger partial charge in [0.15, 0.2) is 6.10 Å². The van der Waals surface area contributed by atoms with Crippen LogP contribution < -0.4 is 0 Å². The van der Waals surface area contributed by atoms with Crippen molar-refractivity contribution in [1.82, 2.24) is 0 Å². The Morgan fingerprint density at radius 2 is 1.83 bits per heavy atom. The summed E-state index contributed by atoms with van der Waals surface area (Å²) in [6, 6.07) is 10.5. The van der Waals surface area contributed by atoms with Gasteiger partial charge in [0.2, 0.25) is 0 Å². The fourth-order valence-corrected chi connectivity index (χ4v) is 2.25. The molecular weight excluding hydrogens is 244 g/mol. The monoisotopic (exact) mass is 266 g/mol. The number of esters is 1. The molecule has 0 heterocycles. The molecule has 1 atom stereocenters. The molecule has 4 heteroatoms. The molecule has 18 heavy (non-hydrogen) atoms. The Morgan fingerprint density at radius 3 is 2.33 bits per heavy atom. The van der Waals surface area contributed by atoms with E-state index in [4.69, 9.17) is 9.47 Å². The van der Waals surface area contributed by atoms with E-state index in [1.807, 2.05) is 30.3 Å². The first-order valence-electron chi connectivity index (χ1n) is 6.18. The Hall–Kier alpha value is -1.13. The predicted molar refractivity (Wildman–Crippen MR) is 75.3 cm³/mol. The molecule has 0 N–H and O–H groups in total. The average molecular weight is 266 g/mol. The maximum absolute atomic E-state index is 11.7. The smallest absolute Gasteiger partial charge is 0.339 e. The molecule has 0 aliphatic rings. The Bertz CT molecular complexity index is 370. The molecule has 0 aliphatic heterocycles. The summed E-state index contributed by atoms with van der Waals surface area (Å²) in [6.07, 6.45) is -0.604. The zero-order valence-electron chi connectivity index (χ0n) is 11.6. The number of hydrogen-bond donors (Lipinski definition) is 0. The molecule has 0 fully saturated rings. The van der Waals surface area contributed by atoms with Gasteiger partial charge in [-0.2, -0.15) is 0 Å². The fourth-order valence-electron chi connectivity index (χ4n) is 1.52. The first-order chi connectivity index (χ1) is 8.44. The molecule has 3 nitrogen and oxygen atoms in total. The van der Waals surface area contributed by atoms with Crippen LogP contribution in [0.4, 0.5) is 0 Å². The van der Waals surface area contributed by atoms with Crippen LogP contribution in [0, 0.1) is 0 Å². The number of hydrogen-bond acceptors (Lipinski definition) is 3. The highest BCUT2D eigenvalue weighted by molar-refractivity contribution is 6.76. The van der Waals surface area contributed by atoms with Crippen LogP contribution in [0.25, 0.3) is 0 Å². The second kappa shape index (κ2) is 6.71. The largest absolute Gasteiger partial charge is 0.467 e. The summed E-state index contributed by atoms with van der Waals surface area (Å²) in [5.41, 5.74) is 0.847. The first-order valence-corrected chi connectivity index (χ1v) is 9.89. The van der Waals surface area contributed by atoms with Crippen molar-refractivity contribution in [2.75, 3.05) is 13.7 Å². The van der Waals surface area contributed by atoms with E-state index in [-0.39, 0.29) is 5.97 Å². The Labute approximate surface area is 110 Å². The third kappa shape index (κ3) is 5.02. The van der Waals surface area contributed by atoms with Gasteiger partial charge in [-0.25, -0.2) is 4.79 Å². The van der Waals surface area contributed by atoms with Crippen LogP contribution in [-0.4, -0.2) is 27.8 Å². The van der Waals surface area contributed by atoms with Crippen LogP contribution in [-0.2, 0) is 14.3 Å². The van der Waals surface area contributed by atoms with Gasteiger partial charge < -0.3 is 9.47 Å². The van der Waals surface area contributed by atoms with Crippen LogP contribution in [0.2, 0.25) is 25.7 Å². The molecule has 1 aromatic carbocycles. The summed E-state index contributed by atoms with van der Waals surface area (Å²) in [7, 11) is 0.242. The minimum absolute atomic E-state index is 0.336. The first kappa shape index (κ1) is 14.9. The van der Waals surface area contributed by atoms with E-state index in [1.165, 1.54) is 7.11 Å². The second-order valence-electron chi connectivity index (χ2n) is 5.50. The molecule has 0 radical (unpaired) electrons. The van der Waals surface area contributed by atoms with Crippen LogP contribution in [0.1, 0.15) is 11.7 Å². The van der Waals surface area contributed by atoms with Crippen molar-refractivity contribution in [3.63, 3.8) is 0 Å². The summed E-state index contributed by atoms with van der Waals surface area (Å²) >= 11 is 0. The van der Waals surface area contributed by atoms with E-state index in [0.717, 1.165) is 11.6 Å². The molecule has 1 rings (SSSR count). The minimum atomic E-state index is -1.15. The number of methoxy groups -OCH3 is 1. The van der Waals surface area contributed by atoms with Crippen LogP contribution in [0.5, 0.6) is 0 Å². The number of carbonyl (C=O) groups excluding carboxylic acids is 1. The van der Waals surface area contributed by atoms with Gasteiger partial charge >= 0.3 is 5.97 Å². The maximum atomic E-state index is 11.7. The topological polar surface area (TPSA) is 35.5 Å². The van der Waals surface area contributed by atoms with Crippen molar-refractivity contribution in [3.05, 3.63) is 35.9 Å². The third-order valence-corrected chi connectivity index (χ3v) is 4.36. The molecule has 0 aliphatic carbocycles. The van der Waals surface area contributed by atoms with Crippen LogP contribution in [0.15, 0.2) is 30.3 Å². The number of carbonyl (C=O) groups is 1. The Morgan fingerprint density at radius 1 is 1.22 bits per heavy atom. The molecule has 1 aromatic rings.